The molecule has 2 saturated heterocycles. The van der Waals surface area contributed by atoms with Gasteiger partial charge in [-0.1, -0.05) is 28.9 Å². The molecule has 0 bridgehead atoms. The molecule has 0 unspecified atom stereocenters. The molecule has 0 aliphatic carbocycles. The zero-order valence-electron chi connectivity index (χ0n) is 16.1. The molecule has 3 heterocycles. The van der Waals surface area contributed by atoms with E-state index in [9.17, 15) is 13.2 Å². The number of halogens is 1. The van der Waals surface area contributed by atoms with E-state index in [1.807, 2.05) is 4.90 Å². The molecule has 0 atom stereocenters. The molecule has 0 N–H and O–H groups in total. The SMILES string of the molecule is O=C(c1cn(C2CCN(S(=O)(=O)c3ccccc3Cl)CC2)nn1)N1CCCCC1. The van der Waals surface area contributed by atoms with E-state index in [1.165, 1.54) is 10.4 Å². The molecule has 2 fully saturated rings. The Morgan fingerprint density at radius 2 is 1.72 bits per heavy atom. The first-order valence-corrected chi connectivity index (χ1v) is 11.7. The number of aromatic nitrogens is 3. The van der Waals surface area contributed by atoms with E-state index < -0.39 is 10.0 Å². The van der Waals surface area contributed by atoms with Crippen molar-refractivity contribution in [2.45, 2.75) is 43.0 Å². The van der Waals surface area contributed by atoms with Crippen molar-refractivity contribution in [2.24, 2.45) is 0 Å². The van der Waals surface area contributed by atoms with Crippen molar-refractivity contribution >= 4 is 27.5 Å². The van der Waals surface area contributed by atoms with Gasteiger partial charge in [-0.15, -0.1) is 5.10 Å². The predicted octanol–water partition coefficient (Wildman–Crippen LogP) is 2.58. The Balaban J connectivity index is 1.41. The summed E-state index contributed by atoms with van der Waals surface area (Å²) in [6.07, 6.45) is 6.11. The highest BCUT2D eigenvalue weighted by atomic mass is 35.5. The number of carbonyl (C=O) groups is 1. The van der Waals surface area contributed by atoms with Crippen LogP contribution < -0.4 is 0 Å². The molecule has 1 aromatic carbocycles. The minimum Gasteiger partial charge on any atom is -0.337 e. The highest BCUT2D eigenvalue weighted by Gasteiger charge is 2.32. The summed E-state index contributed by atoms with van der Waals surface area (Å²) in [6, 6.07) is 6.50. The van der Waals surface area contributed by atoms with Gasteiger partial charge in [-0.25, -0.2) is 13.1 Å². The molecule has 156 valence electrons. The van der Waals surface area contributed by atoms with Gasteiger partial charge in [0.05, 0.1) is 17.3 Å². The number of amides is 1. The Kier molecular flexibility index (Phi) is 5.89. The fraction of sp³-hybridized carbons (Fsp3) is 0.526. The lowest BCUT2D eigenvalue weighted by Crippen LogP contribution is -2.39. The standard InChI is InChI=1S/C19H24ClN5O3S/c20-16-6-2-3-7-18(16)29(27,28)24-12-8-15(9-13-24)25-14-17(21-22-25)19(26)23-10-4-1-5-11-23/h2-3,6-7,14-15H,1,4-5,8-13H2. The lowest BCUT2D eigenvalue weighted by atomic mass is 10.1. The Hall–Kier alpha value is -1.97. The number of hydrogen-bond donors (Lipinski definition) is 0. The molecule has 1 aromatic heterocycles. The first-order valence-electron chi connectivity index (χ1n) is 9.92. The van der Waals surface area contributed by atoms with Crippen molar-refractivity contribution < 1.29 is 13.2 Å². The number of rotatable bonds is 4. The van der Waals surface area contributed by atoms with E-state index in [-0.39, 0.29) is 21.9 Å². The Labute approximate surface area is 175 Å². The second kappa shape index (κ2) is 8.41. The third kappa shape index (κ3) is 4.17. The van der Waals surface area contributed by atoms with Crippen LogP contribution in [0.3, 0.4) is 0 Å². The fourth-order valence-corrected chi connectivity index (χ4v) is 5.92. The molecule has 8 nitrogen and oxygen atoms in total. The van der Waals surface area contributed by atoms with Crippen LogP contribution in [-0.4, -0.2) is 64.7 Å². The smallest absolute Gasteiger partial charge is 0.276 e. The maximum absolute atomic E-state index is 12.9. The summed E-state index contributed by atoms with van der Waals surface area (Å²) in [7, 11) is -3.63. The van der Waals surface area contributed by atoms with Crippen LogP contribution in [0.1, 0.15) is 48.6 Å². The summed E-state index contributed by atoms with van der Waals surface area (Å²) in [5.74, 6) is -0.0744. The highest BCUT2D eigenvalue weighted by Crippen LogP contribution is 2.29. The van der Waals surface area contributed by atoms with Crippen LogP contribution in [0.2, 0.25) is 5.02 Å². The summed E-state index contributed by atoms with van der Waals surface area (Å²) in [5, 5.41) is 8.44. The van der Waals surface area contributed by atoms with E-state index in [0.717, 1.165) is 32.4 Å². The number of piperidine rings is 2. The summed E-state index contributed by atoms with van der Waals surface area (Å²) < 4.78 is 28.9. The van der Waals surface area contributed by atoms with Crippen LogP contribution in [0.25, 0.3) is 0 Å². The Morgan fingerprint density at radius 3 is 2.41 bits per heavy atom. The van der Waals surface area contributed by atoms with E-state index in [4.69, 9.17) is 11.6 Å². The average molecular weight is 438 g/mol. The highest BCUT2D eigenvalue weighted by molar-refractivity contribution is 7.89. The van der Waals surface area contributed by atoms with Gasteiger partial charge >= 0.3 is 0 Å². The maximum atomic E-state index is 12.9. The molecule has 29 heavy (non-hydrogen) atoms. The minimum atomic E-state index is -3.63. The van der Waals surface area contributed by atoms with Crippen LogP contribution in [0.5, 0.6) is 0 Å². The number of hydrogen-bond acceptors (Lipinski definition) is 5. The van der Waals surface area contributed by atoms with Gasteiger partial charge < -0.3 is 4.90 Å². The van der Waals surface area contributed by atoms with E-state index >= 15 is 0 Å². The van der Waals surface area contributed by atoms with Crippen molar-refractivity contribution in [3.8, 4) is 0 Å². The van der Waals surface area contributed by atoms with Gasteiger partial charge in [0.15, 0.2) is 5.69 Å². The first kappa shape index (κ1) is 20.3. The van der Waals surface area contributed by atoms with E-state index in [0.29, 0.717) is 31.6 Å². The predicted molar refractivity (Wildman–Crippen MR) is 108 cm³/mol. The summed E-state index contributed by atoms with van der Waals surface area (Å²) in [4.78, 5) is 14.5. The molecule has 2 aromatic rings. The van der Waals surface area contributed by atoms with Crippen molar-refractivity contribution in [3.05, 3.63) is 41.2 Å². The van der Waals surface area contributed by atoms with Crippen LogP contribution in [0.15, 0.2) is 35.4 Å². The number of nitrogens with zero attached hydrogens (tertiary/aromatic N) is 5. The lowest BCUT2D eigenvalue weighted by molar-refractivity contribution is 0.0718. The van der Waals surface area contributed by atoms with Gasteiger partial charge in [0.25, 0.3) is 5.91 Å². The third-order valence-electron chi connectivity index (χ3n) is 5.62. The molecule has 0 radical (unpaired) electrons. The normalized spacial score (nSPS) is 19.4. The second-order valence-electron chi connectivity index (χ2n) is 7.50. The van der Waals surface area contributed by atoms with Crippen molar-refractivity contribution in [3.63, 3.8) is 0 Å². The average Bonchev–Trinajstić information content (AvgIpc) is 3.24. The zero-order chi connectivity index (χ0) is 20.4. The zero-order valence-corrected chi connectivity index (χ0v) is 17.6. The molecule has 1 amide bonds. The quantitative estimate of drug-likeness (QED) is 0.733. The van der Waals surface area contributed by atoms with Crippen LogP contribution in [0.4, 0.5) is 0 Å². The largest absolute Gasteiger partial charge is 0.337 e. The number of likely N-dealkylation sites (tertiary alicyclic amines) is 1. The van der Waals surface area contributed by atoms with Crippen molar-refractivity contribution in [1.29, 1.82) is 0 Å². The van der Waals surface area contributed by atoms with Crippen LogP contribution in [0, 0.1) is 0 Å². The third-order valence-corrected chi connectivity index (χ3v) is 8.02. The minimum absolute atomic E-state index is 0.0168. The summed E-state index contributed by atoms with van der Waals surface area (Å²) >= 11 is 6.08. The molecule has 2 aliphatic heterocycles. The lowest BCUT2D eigenvalue weighted by Gasteiger charge is -2.31. The molecular weight excluding hydrogens is 414 g/mol. The van der Waals surface area contributed by atoms with Gasteiger partial charge in [-0.3, -0.25) is 4.79 Å². The monoisotopic (exact) mass is 437 g/mol. The van der Waals surface area contributed by atoms with E-state index in [2.05, 4.69) is 10.3 Å². The van der Waals surface area contributed by atoms with Gasteiger partial charge in [-0.2, -0.15) is 4.31 Å². The molecule has 2 aliphatic rings. The Morgan fingerprint density at radius 1 is 1.03 bits per heavy atom. The van der Waals surface area contributed by atoms with Crippen molar-refractivity contribution in [2.75, 3.05) is 26.2 Å². The van der Waals surface area contributed by atoms with Crippen molar-refractivity contribution in [1.82, 2.24) is 24.2 Å². The second-order valence-corrected chi connectivity index (χ2v) is 9.82. The van der Waals surface area contributed by atoms with Gasteiger partial charge in [0, 0.05) is 26.2 Å². The van der Waals surface area contributed by atoms with E-state index in [1.54, 1.807) is 29.1 Å². The molecule has 0 saturated carbocycles. The Bertz CT molecular complexity index is 979. The van der Waals surface area contributed by atoms with Gasteiger partial charge in [-0.05, 0) is 44.2 Å². The molecule has 4 rings (SSSR count). The van der Waals surface area contributed by atoms with Gasteiger partial charge in [0.1, 0.15) is 4.90 Å². The number of sulfonamides is 1. The maximum Gasteiger partial charge on any atom is 0.276 e. The summed E-state index contributed by atoms with van der Waals surface area (Å²) in [5.41, 5.74) is 0.359. The number of benzene rings is 1. The van der Waals surface area contributed by atoms with Crippen LogP contribution >= 0.6 is 11.6 Å². The molecular formula is C19H24ClN5O3S. The van der Waals surface area contributed by atoms with Gasteiger partial charge in [0.2, 0.25) is 10.0 Å². The number of carbonyl (C=O) groups excluding carboxylic acids is 1. The summed E-state index contributed by atoms with van der Waals surface area (Å²) in [6.45, 7) is 2.27. The molecule has 10 heteroatoms. The molecule has 0 spiro atoms. The topological polar surface area (TPSA) is 88.4 Å². The van der Waals surface area contributed by atoms with Crippen LogP contribution in [-0.2, 0) is 10.0 Å². The fourth-order valence-electron chi connectivity index (χ4n) is 3.95. The first-order chi connectivity index (χ1) is 14.0.